The maximum Gasteiger partial charge on any atom is 0.287 e. The van der Waals surface area contributed by atoms with Gasteiger partial charge in [0.05, 0.1) is 7.11 Å². The van der Waals surface area contributed by atoms with Crippen LogP contribution in [-0.2, 0) is 20.7 Å². The second-order valence-corrected chi connectivity index (χ2v) is 6.67. The van der Waals surface area contributed by atoms with Crippen molar-refractivity contribution in [2.24, 2.45) is 0 Å². The second kappa shape index (κ2) is 10.3. The summed E-state index contributed by atoms with van der Waals surface area (Å²) in [5.41, 5.74) is 0.817. The second-order valence-electron chi connectivity index (χ2n) is 5.75. The highest BCUT2D eigenvalue weighted by atomic mass is 79.9. The van der Waals surface area contributed by atoms with Crippen molar-refractivity contribution in [1.29, 1.82) is 0 Å². The summed E-state index contributed by atoms with van der Waals surface area (Å²) >= 11 is 3.42. The van der Waals surface area contributed by atoms with Crippen molar-refractivity contribution in [2.75, 3.05) is 20.3 Å². The lowest BCUT2D eigenvalue weighted by Crippen LogP contribution is -2.54. The third-order valence-corrected chi connectivity index (χ3v) is 4.38. The predicted molar refractivity (Wildman–Crippen MR) is 107 cm³/mol. The van der Waals surface area contributed by atoms with E-state index in [9.17, 15) is 9.59 Å². The van der Waals surface area contributed by atoms with Crippen molar-refractivity contribution in [3.05, 3.63) is 58.3 Å². The van der Waals surface area contributed by atoms with E-state index in [0.29, 0.717) is 11.3 Å². The topological polar surface area (TPSA) is 86.8 Å². The van der Waals surface area contributed by atoms with Gasteiger partial charge < -0.3 is 14.2 Å². The van der Waals surface area contributed by atoms with Crippen LogP contribution in [0.4, 0.5) is 0 Å². The lowest BCUT2D eigenvalue weighted by Gasteiger charge is -2.32. The lowest BCUT2D eigenvalue weighted by molar-refractivity contribution is -0.226. The molecule has 0 atom stereocenters. The van der Waals surface area contributed by atoms with Gasteiger partial charge in [-0.3, -0.25) is 19.9 Å². The molecule has 0 unspecified atom stereocenters. The molecule has 0 aliphatic carbocycles. The average molecular weight is 451 g/mol. The number of pyridine rings is 1. The SMILES string of the molecule is CCOC(Cc1cc(Br)ccc1OC)(OCC)C(=O)NC(=O)c1ccccn1. The van der Waals surface area contributed by atoms with Crippen LogP contribution in [0.3, 0.4) is 0 Å². The third kappa shape index (κ3) is 5.37. The van der Waals surface area contributed by atoms with Crippen LogP contribution in [0.1, 0.15) is 29.9 Å². The minimum Gasteiger partial charge on any atom is -0.496 e. The van der Waals surface area contributed by atoms with E-state index in [1.165, 1.54) is 12.3 Å². The first-order valence-corrected chi connectivity index (χ1v) is 9.62. The number of imide groups is 1. The zero-order valence-corrected chi connectivity index (χ0v) is 17.6. The maximum atomic E-state index is 13.1. The molecule has 150 valence electrons. The Hall–Kier alpha value is -2.29. The van der Waals surface area contributed by atoms with Crippen LogP contribution in [0.15, 0.2) is 47.1 Å². The molecule has 2 amide bonds. The number of carbonyl (C=O) groups is 2. The van der Waals surface area contributed by atoms with Crippen molar-refractivity contribution in [3.8, 4) is 5.75 Å². The summed E-state index contributed by atoms with van der Waals surface area (Å²) in [5.74, 6) is -2.44. The minimum absolute atomic E-state index is 0.0542. The molecule has 0 saturated heterocycles. The number of ether oxygens (including phenoxy) is 3. The van der Waals surface area contributed by atoms with Crippen LogP contribution in [0, 0.1) is 0 Å². The van der Waals surface area contributed by atoms with Crippen molar-refractivity contribution < 1.29 is 23.8 Å². The van der Waals surface area contributed by atoms with Gasteiger partial charge in [0, 0.05) is 35.9 Å². The number of amides is 2. The Kier molecular flexibility index (Phi) is 8.10. The van der Waals surface area contributed by atoms with Crippen LogP contribution < -0.4 is 10.1 Å². The van der Waals surface area contributed by atoms with Crippen LogP contribution >= 0.6 is 15.9 Å². The van der Waals surface area contributed by atoms with Gasteiger partial charge in [-0.05, 0) is 44.2 Å². The Labute approximate surface area is 172 Å². The van der Waals surface area contributed by atoms with E-state index in [0.717, 1.165) is 4.47 Å². The molecule has 1 heterocycles. The summed E-state index contributed by atoms with van der Waals surface area (Å²) < 4.78 is 17.7. The summed E-state index contributed by atoms with van der Waals surface area (Å²) in [6.07, 6.45) is 1.53. The normalized spacial score (nSPS) is 11.1. The molecular formula is C20H23BrN2O5. The van der Waals surface area contributed by atoms with E-state index in [1.54, 1.807) is 39.2 Å². The highest BCUT2D eigenvalue weighted by molar-refractivity contribution is 9.10. The number of methoxy groups -OCH3 is 1. The Morgan fingerprint density at radius 2 is 1.86 bits per heavy atom. The van der Waals surface area contributed by atoms with Gasteiger partial charge in [-0.15, -0.1) is 0 Å². The number of hydrogen-bond donors (Lipinski definition) is 1. The highest BCUT2D eigenvalue weighted by Crippen LogP contribution is 2.29. The Bertz CT molecular complexity index is 807. The van der Waals surface area contributed by atoms with Gasteiger partial charge in [0.25, 0.3) is 17.6 Å². The molecule has 7 nitrogen and oxygen atoms in total. The quantitative estimate of drug-likeness (QED) is 0.590. The van der Waals surface area contributed by atoms with Crippen molar-refractivity contribution >= 4 is 27.7 Å². The Morgan fingerprint density at radius 1 is 1.14 bits per heavy atom. The smallest absolute Gasteiger partial charge is 0.287 e. The molecule has 0 aliphatic heterocycles. The summed E-state index contributed by atoms with van der Waals surface area (Å²) in [4.78, 5) is 29.4. The van der Waals surface area contributed by atoms with Crippen LogP contribution in [0.25, 0.3) is 0 Å². The molecular weight excluding hydrogens is 428 g/mol. The summed E-state index contributed by atoms with van der Waals surface area (Å²) in [7, 11) is 1.54. The number of rotatable bonds is 9. The number of benzene rings is 1. The number of aromatic nitrogens is 1. The van der Waals surface area contributed by atoms with Crippen molar-refractivity contribution in [2.45, 2.75) is 26.1 Å². The number of halogens is 1. The van der Waals surface area contributed by atoms with Gasteiger partial charge in [0.15, 0.2) is 0 Å². The largest absolute Gasteiger partial charge is 0.496 e. The Balaban J connectivity index is 2.35. The fraction of sp³-hybridized carbons (Fsp3) is 0.350. The standard InChI is InChI=1S/C20H23BrN2O5/c1-4-27-20(28-5-2,13-14-12-15(21)9-10-17(14)26-3)19(25)23-18(24)16-8-6-7-11-22-16/h6-12H,4-5,13H2,1-3H3,(H,23,24,25). The van der Waals surface area contributed by atoms with Crippen molar-refractivity contribution in [1.82, 2.24) is 10.3 Å². The van der Waals surface area contributed by atoms with Crippen LogP contribution in [0.5, 0.6) is 5.75 Å². The van der Waals surface area contributed by atoms with Crippen LogP contribution in [0.2, 0.25) is 0 Å². The van der Waals surface area contributed by atoms with Crippen molar-refractivity contribution in [3.63, 3.8) is 0 Å². The van der Waals surface area contributed by atoms with Gasteiger partial charge in [-0.1, -0.05) is 22.0 Å². The fourth-order valence-corrected chi connectivity index (χ4v) is 3.13. The summed E-state index contributed by atoms with van der Waals surface area (Å²) in [6.45, 7) is 3.92. The van der Waals surface area contributed by atoms with E-state index in [2.05, 4.69) is 26.2 Å². The molecule has 0 radical (unpaired) electrons. The van der Waals surface area contributed by atoms with Gasteiger partial charge in [0.2, 0.25) is 0 Å². The van der Waals surface area contributed by atoms with E-state index in [1.807, 2.05) is 12.1 Å². The van der Waals surface area contributed by atoms with Gasteiger partial charge in [0.1, 0.15) is 11.4 Å². The first kappa shape index (κ1) is 22.0. The number of nitrogens with zero attached hydrogens (tertiary/aromatic N) is 1. The van der Waals surface area contributed by atoms with Gasteiger partial charge in [-0.25, -0.2) is 0 Å². The molecule has 1 aromatic heterocycles. The molecule has 0 fully saturated rings. The van der Waals surface area contributed by atoms with Gasteiger partial charge in [-0.2, -0.15) is 0 Å². The molecule has 1 N–H and O–H groups in total. The highest BCUT2D eigenvalue weighted by Gasteiger charge is 2.42. The van der Waals surface area contributed by atoms with Crippen LogP contribution in [-0.4, -0.2) is 42.9 Å². The number of hydrogen-bond acceptors (Lipinski definition) is 6. The molecule has 28 heavy (non-hydrogen) atoms. The average Bonchev–Trinajstić information content (AvgIpc) is 2.69. The van der Waals surface area contributed by atoms with E-state index < -0.39 is 17.6 Å². The number of nitrogens with one attached hydrogen (secondary N) is 1. The maximum absolute atomic E-state index is 13.1. The molecule has 2 aromatic rings. The number of carbonyl (C=O) groups excluding carboxylic acids is 2. The predicted octanol–water partition coefficient (Wildman–Crippen LogP) is 3.12. The zero-order chi connectivity index (χ0) is 20.6. The van der Waals surface area contributed by atoms with E-state index >= 15 is 0 Å². The molecule has 8 heteroatoms. The molecule has 0 aliphatic rings. The minimum atomic E-state index is -1.69. The lowest BCUT2D eigenvalue weighted by atomic mass is 10.0. The molecule has 2 rings (SSSR count). The molecule has 0 bridgehead atoms. The first-order valence-electron chi connectivity index (χ1n) is 8.83. The summed E-state index contributed by atoms with van der Waals surface area (Å²) in [6, 6.07) is 10.3. The Morgan fingerprint density at radius 3 is 2.43 bits per heavy atom. The van der Waals surface area contributed by atoms with E-state index in [-0.39, 0.29) is 25.3 Å². The molecule has 1 aromatic carbocycles. The fourth-order valence-electron chi connectivity index (χ4n) is 2.72. The monoisotopic (exact) mass is 450 g/mol. The van der Waals surface area contributed by atoms with Gasteiger partial charge >= 0.3 is 0 Å². The van der Waals surface area contributed by atoms with E-state index in [4.69, 9.17) is 14.2 Å². The first-order chi connectivity index (χ1) is 13.5. The zero-order valence-electron chi connectivity index (χ0n) is 16.0. The molecule has 0 saturated carbocycles. The summed E-state index contributed by atoms with van der Waals surface area (Å²) in [5, 5.41) is 2.34. The third-order valence-electron chi connectivity index (χ3n) is 3.89. The molecule has 0 spiro atoms.